The summed E-state index contributed by atoms with van der Waals surface area (Å²) in [4.78, 5) is 38.7. The van der Waals surface area contributed by atoms with E-state index in [-0.39, 0.29) is 47.4 Å². The summed E-state index contributed by atoms with van der Waals surface area (Å²) in [5.41, 5.74) is -0.710. The van der Waals surface area contributed by atoms with E-state index in [0.29, 0.717) is 6.42 Å². The van der Waals surface area contributed by atoms with E-state index in [0.717, 1.165) is 16.7 Å². The Morgan fingerprint density at radius 2 is 1.94 bits per heavy atom. The minimum atomic E-state index is -1.37. The summed E-state index contributed by atoms with van der Waals surface area (Å²) in [6.07, 6.45) is 3.98. The monoisotopic (exact) mass is 506 g/mol. The number of aliphatic hydroxyl groups excluding tert-OH is 1. The summed E-state index contributed by atoms with van der Waals surface area (Å²) in [6, 6.07) is 1.90. The van der Waals surface area contributed by atoms with Crippen molar-refractivity contribution in [2.75, 3.05) is 7.11 Å². The van der Waals surface area contributed by atoms with E-state index in [1.165, 1.54) is 19.3 Å². The Morgan fingerprint density at radius 1 is 1.25 bits per heavy atom. The molecule has 4 aliphatic rings. The number of carbonyl (C=O) groups is 3. The maximum atomic E-state index is 13.6. The molecule has 9 unspecified atom stereocenters. The average Bonchev–Trinajstić information content (AvgIpc) is 3.51. The van der Waals surface area contributed by atoms with Crippen molar-refractivity contribution >= 4 is 17.7 Å². The predicted octanol–water partition coefficient (Wildman–Crippen LogP) is -1.07. The second-order valence-corrected chi connectivity index (χ2v) is 11.1. The van der Waals surface area contributed by atoms with Crippen molar-refractivity contribution in [2.24, 2.45) is 28.1 Å². The Bertz CT molecular complexity index is 1150. The van der Waals surface area contributed by atoms with E-state index in [2.05, 4.69) is 0 Å². The first-order valence-electron chi connectivity index (χ1n) is 12.0. The van der Waals surface area contributed by atoms with Gasteiger partial charge in [-0.2, -0.15) is 0 Å². The SMILES string of the molecule is COC(=O)C1(C)C=CC(=O)C2(C)C1C(O)C1OC3CC(c4ccoc4)C(C)=C3C1(C)C2CC(=O)[O-].[Na+]. The molecule has 1 aliphatic heterocycles. The summed E-state index contributed by atoms with van der Waals surface area (Å²) in [5, 5.41) is 23.9. The first-order chi connectivity index (χ1) is 16.4. The maximum absolute atomic E-state index is 13.6. The fourth-order valence-electron chi connectivity index (χ4n) is 8.21. The minimum absolute atomic E-state index is 0. The minimum Gasteiger partial charge on any atom is -0.550 e. The number of methoxy groups -OCH3 is 1. The number of carboxylic acids is 1. The molecule has 8 nitrogen and oxygen atoms in total. The molecule has 0 bridgehead atoms. The molecular weight excluding hydrogens is 475 g/mol. The number of fused-ring (bicyclic) bond motifs is 4. The summed E-state index contributed by atoms with van der Waals surface area (Å²) in [5.74, 6) is -3.90. The maximum Gasteiger partial charge on any atom is 1.00 e. The average molecular weight is 507 g/mol. The molecule has 0 amide bonds. The van der Waals surface area contributed by atoms with Crippen molar-refractivity contribution < 1.29 is 68.0 Å². The van der Waals surface area contributed by atoms with Gasteiger partial charge in [-0.1, -0.05) is 25.5 Å². The van der Waals surface area contributed by atoms with Crippen LogP contribution in [0.2, 0.25) is 0 Å². The first-order valence-corrected chi connectivity index (χ1v) is 12.0. The number of rotatable bonds is 4. The zero-order chi connectivity index (χ0) is 25.5. The fourth-order valence-corrected chi connectivity index (χ4v) is 8.21. The molecule has 2 heterocycles. The zero-order valence-corrected chi connectivity index (χ0v) is 23.6. The van der Waals surface area contributed by atoms with Crippen molar-refractivity contribution in [3.05, 3.63) is 47.5 Å². The fraction of sp³-hybridized carbons (Fsp3) is 0.593. The van der Waals surface area contributed by atoms with Gasteiger partial charge in [0, 0.05) is 28.6 Å². The van der Waals surface area contributed by atoms with Gasteiger partial charge in [-0.05, 0) is 55.9 Å². The van der Waals surface area contributed by atoms with Crippen LogP contribution in [0.4, 0.5) is 0 Å². The summed E-state index contributed by atoms with van der Waals surface area (Å²) in [6.45, 7) is 7.20. The third-order valence-corrected chi connectivity index (χ3v) is 9.65. The Kier molecular flexibility index (Phi) is 6.79. The number of hydrogen-bond donors (Lipinski definition) is 1. The van der Waals surface area contributed by atoms with Crippen molar-refractivity contribution in [3.63, 3.8) is 0 Å². The van der Waals surface area contributed by atoms with Gasteiger partial charge < -0.3 is 28.9 Å². The van der Waals surface area contributed by atoms with E-state index in [4.69, 9.17) is 13.9 Å². The van der Waals surface area contributed by atoms with Crippen LogP contribution in [0.25, 0.3) is 0 Å². The molecule has 36 heavy (non-hydrogen) atoms. The number of esters is 1. The third-order valence-electron chi connectivity index (χ3n) is 9.65. The van der Waals surface area contributed by atoms with Gasteiger partial charge in [0.25, 0.3) is 0 Å². The van der Waals surface area contributed by atoms with Crippen LogP contribution in [0.15, 0.2) is 46.3 Å². The van der Waals surface area contributed by atoms with Gasteiger partial charge in [0.05, 0.1) is 43.4 Å². The summed E-state index contributed by atoms with van der Waals surface area (Å²) in [7, 11) is 1.26. The molecule has 1 saturated carbocycles. The van der Waals surface area contributed by atoms with E-state index < -0.39 is 58.6 Å². The number of allylic oxidation sites excluding steroid dienone is 2. The number of carboxylic acid groups (broad SMARTS) is 1. The number of hydrogen-bond acceptors (Lipinski definition) is 8. The normalized spacial score (nSPS) is 42.9. The van der Waals surface area contributed by atoms with E-state index >= 15 is 0 Å². The predicted molar refractivity (Wildman–Crippen MR) is 121 cm³/mol. The van der Waals surface area contributed by atoms with Crippen molar-refractivity contribution in [1.29, 1.82) is 0 Å². The zero-order valence-electron chi connectivity index (χ0n) is 21.6. The van der Waals surface area contributed by atoms with Gasteiger partial charge in [-0.25, -0.2) is 0 Å². The molecule has 0 spiro atoms. The Hall–Kier alpha value is -1.71. The Morgan fingerprint density at radius 3 is 2.53 bits per heavy atom. The van der Waals surface area contributed by atoms with Crippen LogP contribution in [-0.2, 0) is 23.9 Å². The topological polar surface area (TPSA) is 126 Å². The van der Waals surface area contributed by atoms with E-state index in [9.17, 15) is 24.6 Å². The number of furan rings is 1. The van der Waals surface area contributed by atoms with E-state index in [1.807, 2.05) is 19.9 Å². The second-order valence-electron chi connectivity index (χ2n) is 11.1. The van der Waals surface area contributed by atoms with Crippen LogP contribution in [0.5, 0.6) is 0 Å². The number of aliphatic hydroxyl groups is 1. The van der Waals surface area contributed by atoms with Crippen LogP contribution < -0.4 is 34.7 Å². The quantitative estimate of drug-likeness (QED) is 0.311. The van der Waals surface area contributed by atoms with Gasteiger partial charge >= 0.3 is 35.5 Å². The second kappa shape index (κ2) is 8.95. The van der Waals surface area contributed by atoms with Gasteiger partial charge in [-0.15, -0.1) is 0 Å². The van der Waals surface area contributed by atoms with Crippen LogP contribution >= 0.6 is 0 Å². The molecule has 1 N–H and O–H groups in total. The number of ether oxygens (including phenoxy) is 2. The summed E-state index contributed by atoms with van der Waals surface area (Å²) < 4.78 is 16.9. The van der Waals surface area contributed by atoms with Crippen LogP contribution in [0.3, 0.4) is 0 Å². The molecule has 2 fully saturated rings. The molecule has 3 aliphatic carbocycles. The van der Waals surface area contributed by atoms with Crippen molar-refractivity contribution in [2.45, 2.75) is 64.8 Å². The van der Waals surface area contributed by atoms with Gasteiger partial charge in [-0.3, -0.25) is 9.59 Å². The van der Waals surface area contributed by atoms with Gasteiger partial charge in [0.15, 0.2) is 5.78 Å². The number of ketones is 1. The van der Waals surface area contributed by atoms with Gasteiger partial charge in [0.2, 0.25) is 0 Å². The molecule has 9 atom stereocenters. The van der Waals surface area contributed by atoms with Crippen molar-refractivity contribution in [1.82, 2.24) is 0 Å². The molecular formula is C27H31NaO8. The first kappa shape index (κ1) is 27.3. The molecule has 1 aromatic heterocycles. The third kappa shape index (κ3) is 3.34. The number of carbonyl (C=O) groups excluding carboxylic acids is 3. The largest absolute Gasteiger partial charge is 1.00 e. The molecule has 188 valence electrons. The smallest absolute Gasteiger partial charge is 0.550 e. The van der Waals surface area contributed by atoms with Gasteiger partial charge in [0.1, 0.15) is 0 Å². The molecule has 0 radical (unpaired) electrons. The number of aliphatic carboxylic acids is 1. The molecule has 1 saturated heterocycles. The molecule has 5 rings (SSSR count). The van der Waals surface area contributed by atoms with Crippen LogP contribution in [0.1, 0.15) is 52.0 Å². The van der Waals surface area contributed by atoms with Crippen molar-refractivity contribution in [3.8, 4) is 0 Å². The summed E-state index contributed by atoms with van der Waals surface area (Å²) >= 11 is 0. The molecule has 1 aromatic rings. The molecule has 0 aromatic carbocycles. The Balaban J connectivity index is 0.00000304. The van der Waals surface area contributed by atoms with Crippen LogP contribution in [0, 0.1) is 28.1 Å². The standard InChI is InChI=1S/C27H32O8.Na/c1-13-15(14-7-9-34-12-14)10-16-20(13)27(4)17(11-19(29)30)26(3)18(28)6-8-25(2,24(32)33-5)22(26)21(31)23(27)35-16;/h6-9,12,15-17,21-23,31H,10-11H2,1-5H3,(H,29,30);/q;+1/p-1. The Labute approximate surface area is 232 Å². The van der Waals surface area contributed by atoms with Crippen LogP contribution in [-0.4, -0.2) is 48.3 Å². The van der Waals surface area contributed by atoms with E-state index in [1.54, 1.807) is 26.4 Å². The molecule has 9 heteroatoms.